The maximum absolute atomic E-state index is 12.9. The topological polar surface area (TPSA) is 44.8 Å². The summed E-state index contributed by atoms with van der Waals surface area (Å²) in [5.74, 6) is 0.135. The number of ether oxygens (including phenoxy) is 1. The van der Waals surface area contributed by atoms with E-state index in [1.165, 1.54) is 21.9 Å². The predicted octanol–water partition coefficient (Wildman–Crippen LogP) is 4.53. The lowest BCUT2D eigenvalue weighted by atomic mass is 9.73. The Morgan fingerprint density at radius 2 is 1.53 bits per heavy atom. The summed E-state index contributed by atoms with van der Waals surface area (Å²) in [4.78, 5) is 17.6. The van der Waals surface area contributed by atoms with Crippen molar-refractivity contribution in [1.82, 2.24) is 15.1 Å². The third kappa shape index (κ3) is 6.86. The number of amides is 1. The monoisotopic (exact) mass is 507 g/mol. The predicted molar refractivity (Wildman–Crippen MR) is 149 cm³/mol. The highest BCUT2D eigenvalue weighted by Gasteiger charge is 2.35. The van der Waals surface area contributed by atoms with Crippen LogP contribution < -0.4 is 5.32 Å². The van der Waals surface area contributed by atoms with E-state index in [1.807, 2.05) is 0 Å². The fraction of sp³-hybridized carbons (Fsp3) is 0.433. The molecule has 0 saturated carbocycles. The zero-order valence-corrected chi connectivity index (χ0v) is 21.8. The van der Waals surface area contributed by atoms with Gasteiger partial charge in [0.2, 0.25) is 5.91 Å². The second-order valence-corrected chi connectivity index (χ2v) is 10.2. The highest BCUT2D eigenvalue weighted by atomic mass is 35.5. The first-order valence-electron chi connectivity index (χ1n) is 13.0. The van der Waals surface area contributed by atoms with Gasteiger partial charge in [0, 0.05) is 26.2 Å². The maximum Gasteiger partial charge on any atom is 0.234 e. The summed E-state index contributed by atoms with van der Waals surface area (Å²) in [6.45, 7) is 7.41. The van der Waals surface area contributed by atoms with Crippen LogP contribution in [0.5, 0.6) is 0 Å². The molecule has 0 unspecified atom stereocenters. The van der Waals surface area contributed by atoms with E-state index < -0.39 is 0 Å². The number of nitrogens with one attached hydrogen (secondary N) is 1. The molecule has 36 heavy (non-hydrogen) atoms. The first-order chi connectivity index (χ1) is 17.2. The molecule has 2 aliphatic rings. The van der Waals surface area contributed by atoms with Crippen LogP contribution in [0.25, 0.3) is 10.8 Å². The van der Waals surface area contributed by atoms with E-state index in [1.54, 1.807) is 0 Å². The molecule has 0 bridgehead atoms. The highest BCUT2D eigenvalue weighted by Crippen LogP contribution is 2.37. The van der Waals surface area contributed by atoms with Gasteiger partial charge >= 0.3 is 0 Å². The fourth-order valence-electron chi connectivity index (χ4n) is 5.60. The van der Waals surface area contributed by atoms with Gasteiger partial charge in [0.05, 0.1) is 19.8 Å². The van der Waals surface area contributed by atoms with Crippen molar-refractivity contribution in [2.24, 2.45) is 5.41 Å². The lowest BCUT2D eigenvalue weighted by molar-refractivity contribution is -0.124. The van der Waals surface area contributed by atoms with Gasteiger partial charge in [-0.1, -0.05) is 72.8 Å². The Morgan fingerprint density at radius 3 is 2.31 bits per heavy atom. The molecule has 192 valence electrons. The summed E-state index contributed by atoms with van der Waals surface area (Å²) in [6, 6.07) is 26.0. The first-order valence-corrected chi connectivity index (χ1v) is 13.0. The Balaban J connectivity index is 0.00000304. The van der Waals surface area contributed by atoms with Crippen molar-refractivity contribution in [2.75, 3.05) is 52.5 Å². The number of carbonyl (C=O) groups is 1. The van der Waals surface area contributed by atoms with Crippen LogP contribution >= 0.6 is 12.4 Å². The number of hydrogen-bond acceptors (Lipinski definition) is 4. The van der Waals surface area contributed by atoms with Crippen molar-refractivity contribution >= 4 is 29.1 Å². The van der Waals surface area contributed by atoms with Gasteiger partial charge in [0.25, 0.3) is 0 Å². The Labute approximate surface area is 221 Å². The van der Waals surface area contributed by atoms with Gasteiger partial charge in [-0.05, 0) is 59.7 Å². The number of fused-ring (bicyclic) bond motifs is 1. The summed E-state index contributed by atoms with van der Waals surface area (Å²) in [5.41, 5.74) is 2.83. The van der Waals surface area contributed by atoms with Crippen molar-refractivity contribution in [3.05, 3.63) is 83.9 Å². The molecule has 6 heteroatoms. The van der Waals surface area contributed by atoms with Crippen molar-refractivity contribution < 1.29 is 9.53 Å². The van der Waals surface area contributed by atoms with Gasteiger partial charge in [-0.25, -0.2) is 0 Å². The highest BCUT2D eigenvalue weighted by molar-refractivity contribution is 5.86. The number of rotatable bonds is 8. The van der Waals surface area contributed by atoms with Gasteiger partial charge in [0.1, 0.15) is 0 Å². The molecule has 0 radical (unpaired) electrons. The lowest BCUT2D eigenvalue weighted by Gasteiger charge is -2.42. The van der Waals surface area contributed by atoms with Crippen LogP contribution in [0.15, 0.2) is 72.8 Å². The van der Waals surface area contributed by atoms with Gasteiger partial charge < -0.3 is 10.1 Å². The molecule has 0 aromatic heterocycles. The van der Waals surface area contributed by atoms with Crippen LogP contribution in [0.4, 0.5) is 0 Å². The van der Waals surface area contributed by atoms with E-state index >= 15 is 0 Å². The second-order valence-electron chi connectivity index (χ2n) is 10.2. The minimum Gasteiger partial charge on any atom is -0.379 e. The molecule has 2 aliphatic heterocycles. The molecule has 2 heterocycles. The molecule has 2 fully saturated rings. The Bertz CT molecular complexity index is 1100. The molecule has 1 N–H and O–H groups in total. The van der Waals surface area contributed by atoms with Crippen LogP contribution in [0, 0.1) is 5.41 Å². The number of likely N-dealkylation sites (tertiary alicyclic amines) is 1. The third-order valence-electron chi connectivity index (χ3n) is 7.74. The number of carbonyl (C=O) groups excluding carboxylic acids is 1. The summed E-state index contributed by atoms with van der Waals surface area (Å²) < 4.78 is 5.43. The minimum absolute atomic E-state index is 0. The fourth-order valence-corrected chi connectivity index (χ4v) is 5.60. The summed E-state index contributed by atoms with van der Waals surface area (Å²) >= 11 is 0. The van der Waals surface area contributed by atoms with Crippen molar-refractivity contribution in [3.63, 3.8) is 0 Å². The van der Waals surface area contributed by atoms with E-state index in [9.17, 15) is 4.79 Å². The van der Waals surface area contributed by atoms with E-state index in [2.05, 4.69) is 87.9 Å². The number of hydrogen-bond donors (Lipinski definition) is 1. The summed E-state index contributed by atoms with van der Waals surface area (Å²) in [5, 5.41) is 5.96. The molecule has 0 aliphatic carbocycles. The quantitative estimate of drug-likeness (QED) is 0.486. The largest absolute Gasteiger partial charge is 0.379 e. The molecule has 5 nitrogen and oxygen atoms in total. The van der Waals surface area contributed by atoms with Crippen LogP contribution in [0.3, 0.4) is 0 Å². The third-order valence-corrected chi connectivity index (χ3v) is 7.74. The zero-order chi connectivity index (χ0) is 23.9. The molecule has 1 amide bonds. The number of halogens is 1. The Morgan fingerprint density at radius 1 is 0.833 bits per heavy atom. The molecule has 3 aromatic carbocycles. The lowest BCUT2D eigenvalue weighted by Crippen LogP contribution is -2.49. The molecular weight excluding hydrogens is 470 g/mol. The van der Waals surface area contributed by atoms with Gasteiger partial charge in [0.15, 0.2) is 0 Å². The Hall–Kier alpha value is -2.44. The van der Waals surface area contributed by atoms with Crippen molar-refractivity contribution in [3.8, 4) is 0 Å². The molecule has 5 rings (SSSR count). The van der Waals surface area contributed by atoms with Crippen LogP contribution in [-0.2, 0) is 22.5 Å². The number of morpholine rings is 1. The standard InChI is InChI=1S/C30H37N3O2.ClH/c34-29(23-33-17-19-35-20-18-33)31-24-30(21-27-11-6-10-26-9-4-5-12-28(26)27)13-15-32(16-14-30)22-25-7-2-1-3-8-25;/h1-12H,13-24H2,(H,31,34);1H. The smallest absolute Gasteiger partial charge is 0.234 e. The molecule has 2 saturated heterocycles. The number of nitrogens with zero attached hydrogens (tertiary/aromatic N) is 2. The molecule has 3 aromatic rings. The average Bonchev–Trinajstić information content (AvgIpc) is 2.90. The average molecular weight is 508 g/mol. The van der Waals surface area contributed by atoms with Gasteiger partial charge in [-0.3, -0.25) is 14.6 Å². The number of piperidine rings is 1. The molecule has 0 spiro atoms. The zero-order valence-electron chi connectivity index (χ0n) is 21.0. The minimum atomic E-state index is 0. The van der Waals surface area contributed by atoms with Crippen molar-refractivity contribution in [1.29, 1.82) is 0 Å². The van der Waals surface area contributed by atoms with E-state index in [-0.39, 0.29) is 23.7 Å². The van der Waals surface area contributed by atoms with E-state index in [0.29, 0.717) is 6.54 Å². The maximum atomic E-state index is 12.9. The second kappa shape index (κ2) is 12.7. The molecular formula is C30H38ClN3O2. The van der Waals surface area contributed by atoms with E-state index in [4.69, 9.17) is 4.74 Å². The van der Waals surface area contributed by atoms with Gasteiger partial charge in [-0.2, -0.15) is 0 Å². The van der Waals surface area contributed by atoms with Crippen molar-refractivity contribution in [2.45, 2.75) is 25.8 Å². The SMILES string of the molecule is Cl.O=C(CN1CCOCC1)NCC1(Cc2cccc3ccccc23)CCN(Cc2ccccc2)CC1. The Kier molecular flexibility index (Phi) is 9.38. The van der Waals surface area contributed by atoms with Crippen LogP contribution in [0.2, 0.25) is 0 Å². The summed E-state index contributed by atoms with van der Waals surface area (Å²) in [7, 11) is 0. The number of benzene rings is 3. The molecule has 0 atom stereocenters. The normalized spacial score (nSPS) is 18.4. The van der Waals surface area contributed by atoms with E-state index in [0.717, 1.165) is 71.7 Å². The summed E-state index contributed by atoms with van der Waals surface area (Å²) in [6.07, 6.45) is 3.16. The van der Waals surface area contributed by atoms with Crippen LogP contribution in [0.1, 0.15) is 24.0 Å². The first kappa shape index (κ1) is 26.6. The van der Waals surface area contributed by atoms with Gasteiger partial charge in [-0.15, -0.1) is 12.4 Å². The van der Waals surface area contributed by atoms with Crippen LogP contribution in [-0.4, -0.2) is 68.2 Å².